The van der Waals surface area contributed by atoms with Crippen molar-refractivity contribution >= 4 is 40.0 Å². The van der Waals surface area contributed by atoms with E-state index in [1.807, 2.05) is 65.7 Å². The van der Waals surface area contributed by atoms with Gasteiger partial charge in [0.2, 0.25) is 5.91 Å². The van der Waals surface area contributed by atoms with Gasteiger partial charge in [-0.1, -0.05) is 43.0 Å². The van der Waals surface area contributed by atoms with Crippen molar-refractivity contribution in [2.75, 3.05) is 18.4 Å². The fourth-order valence-electron chi connectivity index (χ4n) is 4.28. The third-order valence-electron chi connectivity index (χ3n) is 6.14. The summed E-state index contributed by atoms with van der Waals surface area (Å²) in [5.41, 5.74) is 1.06. The van der Waals surface area contributed by atoms with Gasteiger partial charge in [-0.05, 0) is 36.6 Å². The summed E-state index contributed by atoms with van der Waals surface area (Å²) in [5, 5.41) is 7.13. The number of benzene rings is 1. The molecule has 0 saturated carbocycles. The highest BCUT2D eigenvalue weighted by atomic mass is 32.2. The average Bonchev–Trinajstić information content (AvgIpc) is 3.35. The Bertz CT molecular complexity index is 1320. The fraction of sp³-hybridized carbons (Fsp3) is 0.259. The number of hydrogen-bond acceptors (Lipinski definition) is 8. The summed E-state index contributed by atoms with van der Waals surface area (Å²) in [4.78, 5) is 28.6. The Morgan fingerprint density at radius 1 is 1.17 bits per heavy atom. The van der Waals surface area contributed by atoms with Crippen LogP contribution < -0.4 is 10.1 Å². The lowest BCUT2D eigenvalue weighted by Gasteiger charge is -2.35. The van der Waals surface area contributed by atoms with Gasteiger partial charge in [-0.3, -0.25) is 4.79 Å². The Kier molecular flexibility index (Phi) is 7.48. The topological polar surface area (TPSA) is 80.2 Å². The molecule has 2 unspecified atom stereocenters. The summed E-state index contributed by atoms with van der Waals surface area (Å²) in [5.74, 6) is 2.77. The SMILES string of the molecule is CC(=O)N1CCC(c2csc(Nc3ncc(Sc4ccccn4)cc3Oc3ccccc3)n2)C(C)C1. The summed E-state index contributed by atoms with van der Waals surface area (Å²) < 4.78 is 6.22. The van der Waals surface area contributed by atoms with Crippen LogP contribution in [-0.4, -0.2) is 38.8 Å². The predicted octanol–water partition coefficient (Wildman–Crippen LogP) is 6.59. The standard InChI is InChI=1S/C27H27N5O2S2/c1-18-16-32(19(2)33)13-11-22(18)23-17-35-27(30-23)31-26-24(34-20-8-4-3-5-9-20)14-21(15-29-26)36-25-10-6-7-12-28-25/h3-10,12,14-15,17-18,22H,11,13,16H2,1-2H3,(H,29,30,31). The van der Waals surface area contributed by atoms with Gasteiger partial charge in [-0.2, -0.15) is 0 Å². The lowest BCUT2D eigenvalue weighted by atomic mass is 9.85. The maximum atomic E-state index is 11.8. The number of carbonyl (C=O) groups is 1. The van der Waals surface area contributed by atoms with E-state index >= 15 is 0 Å². The van der Waals surface area contributed by atoms with Crippen molar-refractivity contribution in [3.63, 3.8) is 0 Å². The summed E-state index contributed by atoms with van der Waals surface area (Å²) in [6.45, 7) is 5.38. The second-order valence-electron chi connectivity index (χ2n) is 8.74. The third kappa shape index (κ3) is 5.85. The molecule has 1 aliphatic heterocycles. The van der Waals surface area contributed by atoms with E-state index in [-0.39, 0.29) is 5.91 Å². The number of thiazole rings is 1. The number of nitrogens with zero attached hydrogens (tertiary/aromatic N) is 4. The van der Waals surface area contributed by atoms with Crippen molar-refractivity contribution in [2.24, 2.45) is 5.92 Å². The zero-order chi connectivity index (χ0) is 24.9. The van der Waals surface area contributed by atoms with Gasteiger partial charge in [0.05, 0.1) is 5.69 Å². The second kappa shape index (κ2) is 11.1. The van der Waals surface area contributed by atoms with Crippen molar-refractivity contribution in [3.05, 3.63) is 78.1 Å². The van der Waals surface area contributed by atoms with Crippen LogP contribution in [0, 0.1) is 5.92 Å². The van der Waals surface area contributed by atoms with Gasteiger partial charge in [0, 0.05) is 54.7 Å². The summed E-state index contributed by atoms with van der Waals surface area (Å²) in [7, 11) is 0. The highest BCUT2D eigenvalue weighted by Gasteiger charge is 2.30. The van der Waals surface area contributed by atoms with Crippen LogP contribution in [0.3, 0.4) is 0 Å². The lowest BCUT2D eigenvalue weighted by Crippen LogP contribution is -2.41. The van der Waals surface area contributed by atoms with E-state index in [2.05, 4.69) is 27.6 Å². The molecule has 2 atom stereocenters. The lowest BCUT2D eigenvalue weighted by molar-refractivity contribution is -0.130. The number of piperidine rings is 1. The van der Waals surface area contributed by atoms with Gasteiger partial charge in [0.1, 0.15) is 10.8 Å². The zero-order valence-electron chi connectivity index (χ0n) is 20.1. The number of hydrogen-bond donors (Lipinski definition) is 1. The number of pyridine rings is 2. The molecule has 184 valence electrons. The first-order valence-corrected chi connectivity index (χ1v) is 13.5. The van der Waals surface area contributed by atoms with Crippen molar-refractivity contribution in [1.29, 1.82) is 0 Å². The Balaban J connectivity index is 1.36. The van der Waals surface area contributed by atoms with E-state index in [0.717, 1.165) is 46.0 Å². The summed E-state index contributed by atoms with van der Waals surface area (Å²) in [6.07, 6.45) is 4.51. The Hall–Kier alpha value is -3.43. The fourth-order valence-corrected chi connectivity index (χ4v) is 5.83. The molecule has 1 saturated heterocycles. The van der Waals surface area contributed by atoms with Crippen molar-refractivity contribution in [3.8, 4) is 11.5 Å². The number of aromatic nitrogens is 3. The first-order chi connectivity index (χ1) is 17.5. The molecule has 0 spiro atoms. The molecule has 4 aromatic rings. The third-order valence-corrected chi connectivity index (χ3v) is 7.82. The second-order valence-corrected chi connectivity index (χ2v) is 10.7. The molecular formula is C27H27N5O2S2. The Labute approximate surface area is 219 Å². The van der Waals surface area contributed by atoms with Crippen LogP contribution in [0.2, 0.25) is 0 Å². The largest absolute Gasteiger partial charge is 0.453 e. The molecule has 0 bridgehead atoms. The maximum Gasteiger partial charge on any atom is 0.219 e. The molecule has 4 heterocycles. The van der Waals surface area contributed by atoms with Gasteiger partial charge < -0.3 is 15.0 Å². The van der Waals surface area contributed by atoms with E-state index < -0.39 is 0 Å². The van der Waals surface area contributed by atoms with Gasteiger partial charge >= 0.3 is 0 Å². The molecule has 36 heavy (non-hydrogen) atoms. The van der Waals surface area contributed by atoms with Crippen LogP contribution in [0.1, 0.15) is 31.9 Å². The Morgan fingerprint density at radius 3 is 2.75 bits per heavy atom. The van der Waals surface area contributed by atoms with Crippen molar-refractivity contribution in [2.45, 2.75) is 36.1 Å². The molecule has 1 aliphatic rings. The van der Waals surface area contributed by atoms with Gasteiger partial charge in [0.25, 0.3) is 0 Å². The Morgan fingerprint density at radius 2 is 2.00 bits per heavy atom. The molecular weight excluding hydrogens is 490 g/mol. The monoisotopic (exact) mass is 517 g/mol. The number of carbonyl (C=O) groups excluding carboxylic acids is 1. The van der Waals surface area contributed by atoms with E-state index in [9.17, 15) is 4.79 Å². The molecule has 1 aromatic carbocycles. The minimum Gasteiger partial charge on any atom is -0.453 e. The summed E-state index contributed by atoms with van der Waals surface area (Å²) >= 11 is 3.09. The number of nitrogens with one attached hydrogen (secondary N) is 1. The molecule has 0 radical (unpaired) electrons. The predicted molar refractivity (Wildman–Crippen MR) is 143 cm³/mol. The molecule has 5 rings (SSSR count). The van der Waals surface area contributed by atoms with E-state index in [1.165, 1.54) is 11.8 Å². The van der Waals surface area contributed by atoms with Crippen LogP contribution in [0.25, 0.3) is 0 Å². The van der Waals surface area contributed by atoms with Crippen LogP contribution in [0.5, 0.6) is 11.5 Å². The van der Waals surface area contributed by atoms with E-state index in [0.29, 0.717) is 23.4 Å². The number of likely N-dealkylation sites (tertiary alicyclic amines) is 1. The highest BCUT2D eigenvalue weighted by molar-refractivity contribution is 7.99. The quantitative estimate of drug-likeness (QED) is 0.296. The molecule has 1 amide bonds. The molecule has 1 fully saturated rings. The molecule has 1 N–H and O–H groups in total. The molecule has 3 aromatic heterocycles. The number of amides is 1. The smallest absolute Gasteiger partial charge is 0.219 e. The maximum absolute atomic E-state index is 11.8. The first kappa shape index (κ1) is 24.3. The molecule has 9 heteroatoms. The van der Waals surface area contributed by atoms with E-state index in [4.69, 9.17) is 9.72 Å². The molecule has 7 nitrogen and oxygen atoms in total. The van der Waals surface area contributed by atoms with Crippen molar-refractivity contribution in [1.82, 2.24) is 19.9 Å². The van der Waals surface area contributed by atoms with Crippen LogP contribution >= 0.6 is 23.1 Å². The van der Waals surface area contributed by atoms with Crippen molar-refractivity contribution < 1.29 is 9.53 Å². The number of ether oxygens (including phenoxy) is 1. The van der Waals surface area contributed by atoms with Gasteiger partial charge in [-0.25, -0.2) is 15.0 Å². The van der Waals surface area contributed by atoms with Gasteiger partial charge in [0.15, 0.2) is 16.7 Å². The number of rotatable bonds is 7. The van der Waals surface area contributed by atoms with Gasteiger partial charge in [-0.15, -0.1) is 11.3 Å². The van der Waals surface area contributed by atoms with Crippen LogP contribution in [0.15, 0.2) is 82.3 Å². The van der Waals surface area contributed by atoms with Crippen LogP contribution in [-0.2, 0) is 4.79 Å². The van der Waals surface area contributed by atoms with E-state index in [1.54, 1.807) is 24.5 Å². The number of anilines is 2. The minimum absolute atomic E-state index is 0.141. The minimum atomic E-state index is 0.141. The number of para-hydroxylation sites is 1. The average molecular weight is 518 g/mol. The van der Waals surface area contributed by atoms with Crippen LogP contribution in [0.4, 0.5) is 10.9 Å². The highest BCUT2D eigenvalue weighted by Crippen LogP contribution is 2.38. The zero-order valence-corrected chi connectivity index (χ0v) is 21.8. The first-order valence-electron chi connectivity index (χ1n) is 11.8. The summed E-state index contributed by atoms with van der Waals surface area (Å²) in [6, 6.07) is 17.5. The normalized spacial score (nSPS) is 17.6. The molecule has 0 aliphatic carbocycles.